The maximum Gasteiger partial charge on any atom is 0.253 e. The lowest BCUT2D eigenvalue weighted by Crippen LogP contribution is -2.50. The third kappa shape index (κ3) is 5.45. The lowest BCUT2D eigenvalue weighted by molar-refractivity contribution is -0.117. The normalized spacial score (nSPS) is 14.3. The van der Waals surface area contributed by atoms with Crippen molar-refractivity contribution in [3.8, 4) is 0 Å². The predicted molar refractivity (Wildman–Crippen MR) is 118 cm³/mol. The second-order valence-electron chi connectivity index (χ2n) is 7.64. The summed E-state index contributed by atoms with van der Waals surface area (Å²) < 4.78 is 0. The van der Waals surface area contributed by atoms with Crippen LogP contribution in [0.1, 0.15) is 28.4 Å². The molecule has 2 aromatic carbocycles. The highest BCUT2D eigenvalue weighted by Crippen LogP contribution is 2.19. The number of piperazine rings is 1. The quantitative estimate of drug-likeness (QED) is 0.797. The maximum absolute atomic E-state index is 12.7. The first-order valence-electron chi connectivity index (χ1n) is 10.1. The molecule has 2 N–H and O–H groups in total. The largest absolute Gasteiger partial charge is 0.336 e. The van der Waals surface area contributed by atoms with E-state index in [0.717, 1.165) is 16.8 Å². The molecule has 1 aliphatic heterocycles. The van der Waals surface area contributed by atoms with Crippen molar-refractivity contribution < 1.29 is 14.4 Å². The van der Waals surface area contributed by atoms with Gasteiger partial charge in [0.15, 0.2) is 0 Å². The Balaban J connectivity index is 1.50. The Morgan fingerprint density at radius 2 is 1.47 bits per heavy atom. The van der Waals surface area contributed by atoms with E-state index in [9.17, 15) is 14.4 Å². The maximum atomic E-state index is 12.7. The minimum absolute atomic E-state index is 0.0380. The number of aryl methyl sites for hydroxylation is 2. The number of carbonyl (C=O) groups is 3. The molecule has 0 aromatic heterocycles. The first-order valence-corrected chi connectivity index (χ1v) is 10.1. The van der Waals surface area contributed by atoms with Gasteiger partial charge in [0.1, 0.15) is 0 Å². The van der Waals surface area contributed by atoms with Gasteiger partial charge in [0, 0.05) is 50.0 Å². The molecule has 158 valence electrons. The van der Waals surface area contributed by atoms with Crippen LogP contribution >= 0.6 is 0 Å². The summed E-state index contributed by atoms with van der Waals surface area (Å²) in [5.74, 6) is -0.225. The summed E-state index contributed by atoms with van der Waals surface area (Å²) in [6, 6.07) is 12.8. The van der Waals surface area contributed by atoms with E-state index in [1.54, 1.807) is 29.2 Å². The lowest BCUT2D eigenvalue weighted by Gasteiger charge is -2.34. The van der Waals surface area contributed by atoms with Gasteiger partial charge in [-0.25, -0.2) is 0 Å². The summed E-state index contributed by atoms with van der Waals surface area (Å²) in [5.41, 5.74) is 4.22. The fourth-order valence-electron chi connectivity index (χ4n) is 3.58. The Kier molecular flexibility index (Phi) is 6.84. The molecular weight excluding hydrogens is 380 g/mol. The number of hydrogen-bond acceptors (Lipinski definition) is 4. The second kappa shape index (κ2) is 9.54. The van der Waals surface area contributed by atoms with Gasteiger partial charge in [-0.15, -0.1) is 0 Å². The lowest BCUT2D eigenvalue weighted by atomic mass is 10.1. The summed E-state index contributed by atoms with van der Waals surface area (Å²) in [6.07, 6.45) is 0. The van der Waals surface area contributed by atoms with E-state index in [0.29, 0.717) is 44.0 Å². The second-order valence-corrected chi connectivity index (χ2v) is 7.64. The number of benzene rings is 2. The molecule has 7 heteroatoms. The first-order chi connectivity index (χ1) is 14.3. The zero-order chi connectivity index (χ0) is 21.7. The fourth-order valence-corrected chi connectivity index (χ4v) is 3.58. The topological polar surface area (TPSA) is 81.8 Å². The number of para-hydroxylation sites is 1. The van der Waals surface area contributed by atoms with Gasteiger partial charge in [-0.1, -0.05) is 18.2 Å². The highest BCUT2D eigenvalue weighted by atomic mass is 16.2. The number of anilines is 2. The SMILES string of the molecule is CC(=O)Nc1ccc(C(=O)N2CCN(CC(=O)Nc3c(C)cccc3C)CC2)cc1. The standard InChI is InChI=1S/C23H28N4O3/c1-16-5-4-6-17(2)22(16)25-21(29)15-26-11-13-27(14-12-26)23(30)19-7-9-20(10-8-19)24-18(3)28/h4-10H,11-15H2,1-3H3,(H,24,28)(H,25,29). The molecule has 0 saturated carbocycles. The Labute approximate surface area is 177 Å². The smallest absolute Gasteiger partial charge is 0.253 e. The van der Waals surface area contributed by atoms with E-state index in [1.165, 1.54) is 6.92 Å². The van der Waals surface area contributed by atoms with E-state index >= 15 is 0 Å². The molecule has 1 aliphatic rings. The average Bonchev–Trinajstić information content (AvgIpc) is 2.71. The van der Waals surface area contributed by atoms with Gasteiger partial charge in [0.05, 0.1) is 6.54 Å². The van der Waals surface area contributed by atoms with Crippen LogP contribution < -0.4 is 10.6 Å². The molecule has 30 heavy (non-hydrogen) atoms. The van der Waals surface area contributed by atoms with Crippen molar-refractivity contribution in [2.75, 3.05) is 43.4 Å². The molecule has 0 bridgehead atoms. The van der Waals surface area contributed by atoms with Crippen LogP contribution in [0, 0.1) is 13.8 Å². The Bertz CT molecular complexity index is 912. The van der Waals surface area contributed by atoms with E-state index in [4.69, 9.17) is 0 Å². The van der Waals surface area contributed by atoms with Gasteiger partial charge in [0.2, 0.25) is 11.8 Å². The van der Waals surface area contributed by atoms with Gasteiger partial charge >= 0.3 is 0 Å². The van der Waals surface area contributed by atoms with Crippen LogP contribution in [-0.4, -0.2) is 60.2 Å². The molecule has 3 amide bonds. The van der Waals surface area contributed by atoms with Crippen LogP contribution in [0.3, 0.4) is 0 Å². The van der Waals surface area contributed by atoms with Gasteiger partial charge in [0.25, 0.3) is 5.91 Å². The van der Waals surface area contributed by atoms with Crippen LogP contribution in [-0.2, 0) is 9.59 Å². The van der Waals surface area contributed by atoms with Gasteiger partial charge in [-0.2, -0.15) is 0 Å². The molecule has 1 heterocycles. The van der Waals surface area contributed by atoms with Crippen molar-refractivity contribution in [2.24, 2.45) is 0 Å². The summed E-state index contributed by atoms with van der Waals surface area (Å²) in [6.45, 7) is 8.16. The number of amides is 3. The van der Waals surface area contributed by atoms with Crippen molar-refractivity contribution in [2.45, 2.75) is 20.8 Å². The molecular formula is C23H28N4O3. The van der Waals surface area contributed by atoms with Crippen molar-refractivity contribution in [3.05, 3.63) is 59.2 Å². The fraction of sp³-hybridized carbons (Fsp3) is 0.348. The van der Waals surface area contributed by atoms with Crippen LogP contribution in [0.2, 0.25) is 0 Å². The Morgan fingerprint density at radius 3 is 2.03 bits per heavy atom. The minimum atomic E-state index is -0.146. The molecule has 1 fully saturated rings. The molecule has 1 saturated heterocycles. The number of rotatable bonds is 5. The van der Waals surface area contributed by atoms with Crippen molar-refractivity contribution in [3.63, 3.8) is 0 Å². The average molecular weight is 409 g/mol. The third-order valence-corrected chi connectivity index (χ3v) is 5.22. The molecule has 0 unspecified atom stereocenters. The summed E-state index contributed by atoms with van der Waals surface area (Å²) >= 11 is 0. The van der Waals surface area contributed by atoms with Crippen molar-refractivity contribution >= 4 is 29.1 Å². The first kappa shape index (κ1) is 21.5. The molecule has 0 atom stereocenters. The molecule has 0 radical (unpaired) electrons. The number of hydrogen-bond donors (Lipinski definition) is 2. The number of carbonyl (C=O) groups excluding carboxylic acids is 3. The zero-order valence-corrected chi connectivity index (χ0v) is 17.7. The van der Waals surface area contributed by atoms with Crippen molar-refractivity contribution in [1.82, 2.24) is 9.80 Å². The minimum Gasteiger partial charge on any atom is -0.336 e. The Morgan fingerprint density at radius 1 is 0.867 bits per heavy atom. The van der Waals surface area contributed by atoms with Gasteiger partial charge in [-0.3, -0.25) is 19.3 Å². The predicted octanol–water partition coefficient (Wildman–Crippen LogP) is 2.66. The third-order valence-electron chi connectivity index (χ3n) is 5.22. The van der Waals surface area contributed by atoms with Crippen LogP contribution in [0.25, 0.3) is 0 Å². The van der Waals surface area contributed by atoms with Gasteiger partial charge < -0.3 is 15.5 Å². The molecule has 2 aromatic rings. The van der Waals surface area contributed by atoms with Crippen LogP contribution in [0.4, 0.5) is 11.4 Å². The summed E-state index contributed by atoms with van der Waals surface area (Å²) in [4.78, 5) is 40.1. The highest BCUT2D eigenvalue weighted by Gasteiger charge is 2.23. The molecule has 0 spiro atoms. The Hall–Kier alpha value is -3.19. The number of nitrogens with one attached hydrogen (secondary N) is 2. The number of nitrogens with zero attached hydrogens (tertiary/aromatic N) is 2. The highest BCUT2D eigenvalue weighted by molar-refractivity contribution is 5.96. The molecule has 3 rings (SSSR count). The summed E-state index contributed by atoms with van der Waals surface area (Å²) in [5, 5.41) is 5.70. The van der Waals surface area contributed by atoms with E-state index in [-0.39, 0.29) is 17.7 Å². The zero-order valence-electron chi connectivity index (χ0n) is 17.7. The summed E-state index contributed by atoms with van der Waals surface area (Å²) in [7, 11) is 0. The van der Waals surface area contributed by atoms with Crippen LogP contribution in [0.5, 0.6) is 0 Å². The monoisotopic (exact) mass is 408 g/mol. The van der Waals surface area contributed by atoms with E-state index in [1.807, 2.05) is 32.0 Å². The molecule has 7 nitrogen and oxygen atoms in total. The van der Waals surface area contributed by atoms with Crippen LogP contribution in [0.15, 0.2) is 42.5 Å². The van der Waals surface area contributed by atoms with E-state index < -0.39 is 0 Å². The van der Waals surface area contributed by atoms with Gasteiger partial charge in [-0.05, 0) is 49.2 Å². The van der Waals surface area contributed by atoms with E-state index in [2.05, 4.69) is 15.5 Å². The molecule has 0 aliphatic carbocycles. The van der Waals surface area contributed by atoms with Crippen molar-refractivity contribution in [1.29, 1.82) is 0 Å².